The molecule has 1 saturated carbocycles. The predicted molar refractivity (Wildman–Crippen MR) is 51.9 cm³/mol. The molecule has 3 rings (SSSR count). The summed E-state index contributed by atoms with van der Waals surface area (Å²) in [6, 6.07) is 4.00. The third-order valence-corrected chi connectivity index (χ3v) is 3.95. The largest absolute Gasteiger partial charge is 0.469 e. The molecule has 76 valence electrons. The second-order valence-electron chi connectivity index (χ2n) is 4.54. The minimum atomic E-state index is 0.0885. The van der Waals surface area contributed by atoms with E-state index in [1.807, 2.05) is 6.07 Å². The second kappa shape index (κ2) is 2.61. The summed E-state index contributed by atoms with van der Waals surface area (Å²) in [5.74, 6) is 1.06. The van der Waals surface area contributed by atoms with Gasteiger partial charge in [-0.15, -0.1) is 0 Å². The first-order chi connectivity index (χ1) is 6.83. The Morgan fingerprint density at radius 1 is 1.36 bits per heavy atom. The van der Waals surface area contributed by atoms with Crippen molar-refractivity contribution in [3.8, 4) is 0 Å². The lowest BCUT2D eigenvalue weighted by Crippen LogP contribution is -2.55. The topological polar surface area (TPSA) is 48.4 Å². The maximum Gasteiger partial charge on any atom is 0.115 e. The van der Waals surface area contributed by atoms with Crippen molar-refractivity contribution < 1.29 is 9.15 Å². The zero-order valence-electron chi connectivity index (χ0n) is 8.16. The molecule has 3 heteroatoms. The second-order valence-corrected chi connectivity index (χ2v) is 4.54. The Hall–Kier alpha value is -0.800. The van der Waals surface area contributed by atoms with Gasteiger partial charge in [0.25, 0.3) is 0 Å². The zero-order valence-corrected chi connectivity index (χ0v) is 8.16. The third-order valence-electron chi connectivity index (χ3n) is 3.95. The fourth-order valence-corrected chi connectivity index (χ4v) is 2.60. The highest BCUT2D eigenvalue weighted by molar-refractivity contribution is 5.28. The zero-order chi connectivity index (χ0) is 9.65. The van der Waals surface area contributed by atoms with E-state index in [-0.39, 0.29) is 10.8 Å². The summed E-state index contributed by atoms with van der Waals surface area (Å²) in [6.07, 6.45) is 4.17. The van der Waals surface area contributed by atoms with E-state index in [0.717, 1.165) is 25.5 Å². The van der Waals surface area contributed by atoms with Crippen LogP contribution < -0.4 is 5.73 Å². The van der Waals surface area contributed by atoms with Crippen LogP contribution in [0.3, 0.4) is 0 Å². The van der Waals surface area contributed by atoms with Gasteiger partial charge in [0.2, 0.25) is 0 Å². The van der Waals surface area contributed by atoms with Gasteiger partial charge < -0.3 is 14.9 Å². The first-order valence-corrected chi connectivity index (χ1v) is 5.15. The van der Waals surface area contributed by atoms with Crippen LogP contribution in [0.4, 0.5) is 0 Å². The van der Waals surface area contributed by atoms with Crippen LogP contribution >= 0.6 is 0 Å². The molecule has 2 aliphatic rings. The molecule has 1 aromatic rings. The Kier molecular flexibility index (Phi) is 1.59. The number of rotatable bonds is 3. The van der Waals surface area contributed by atoms with Gasteiger partial charge in [-0.1, -0.05) is 0 Å². The lowest BCUT2D eigenvalue weighted by Gasteiger charge is -2.46. The highest BCUT2D eigenvalue weighted by Crippen LogP contribution is 2.61. The van der Waals surface area contributed by atoms with E-state index in [9.17, 15) is 0 Å². The molecule has 0 amide bonds. The quantitative estimate of drug-likeness (QED) is 0.786. The predicted octanol–water partition coefficient (Wildman–Crippen LogP) is 1.29. The average Bonchev–Trinajstić information content (AvgIpc) is 2.72. The summed E-state index contributed by atoms with van der Waals surface area (Å²) in [5, 5.41) is 0. The van der Waals surface area contributed by atoms with E-state index in [4.69, 9.17) is 14.9 Å². The fraction of sp³-hybridized carbons (Fsp3) is 0.636. The monoisotopic (exact) mass is 193 g/mol. The van der Waals surface area contributed by atoms with Crippen molar-refractivity contribution in [1.29, 1.82) is 0 Å². The van der Waals surface area contributed by atoms with Crippen LogP contribution in [-0.2, 0) is 10.2 Å². The van der Waals surface area contributed by atoms with Crippen molar-refractivity contribution in [3.05, 3.63) is 24.2 Å². The molecule has 0 radical (unpaired) electrons. The minimum Gasteiger partial charge on any atom is -0.469 e. The van der Waals surface area contributed by atoms with E-state index in [2.05, 4.69) is 6.07 Å². The van der Waals surface area contributed by atoms with Crippen molar-refractivity contribution in [3.63, 3.8) is 0 Å². The molecule has 1 aliphatic heterocycles. The van der Waals surface area contributed by atoms with Gasteiger partial charge in [0.15, 0.2) is 0 Å². The molecule has 0 aromatic carbocycles. The highest BCUT2D eigenvalue weighted by atomic mass is 16.5. The summed E-state index contributed by atoms with van der Waals surface area (Å²) in [5.41, 5.74) is 6.23. The van der Waals surface area contributed by atoms with Gasteiger partial charge in [0, 0.05) is 0 Å². The van der Waals surface area contributed by atoms with Crippen LogP contribution in [0.1, 0.15) is 18.6 Å². The van der Waals surface area contributed by atoms with E-state index in [1.54, 1.807) is 6.26 Å². The van der Waals surface area contributed by atoms with E-state index >= 15 is 0 Å². The average molecular weight is 193 g/mol. The van der Waals surface area contributed by atoms with Crippen molar-refractivity contribution in [1.82, 2.24) is 0 Å². The van der Waals surface area contributed by atoms with Crippen LogP contribution in [0.15, 0.2) is 22.8 Å². The third kappa shape index (κ3) is 0.842. The van der Waals surface area contributed by atoms with Gasteiger partial charge in [-0.25, -0.2) is 0 Å². The molecule has 2 fully saturated rings. The van der Waals surface area contributed by atoms with E-state index in [0.29, 0.717) is 0 Å². The molecule has 1 saturated heterocycles. The molecular formula is C11H15NO2. The smallest absolute Gasteiger partial charge is 0.115 e. The minimum absolute atomic E-state index is 0.0885. The van der Waals surface area contributed by atoms with Crippen molar-refractivity contribution in [2.45, 2.75) is 18.3 Å². The summed E-state index contributed by atoms with van der Waals surface area (Å²) < 4.78 is 10.9. The van der Waals surface area contributed by atoms with Crippen molar-refractivity contribution in [2.24, 2.45) is 11.1 Å². The number of hydrogen-bond acceptors (Lipinski definition) is 3. The molecule has 0 spiro atoms. The lowest BCUT2D eigenvalue weighted by molar-refractivity contribution is -0.107. The maximum absolute atomic E-state index is 5.87. The summed E-state index contributed by atoms with van der Waals surface area (Å²) in [6.45, 7) is 2.30. The molecule has 14 heavy (non-hydrogen) atoms. The Labute approximate surface area is 83.2 Å². The number of ether oxygens (including phenoxy) is 1. The molecule has 2 N–H and O–H groups in total. The Bertz CT molecular complexity index is 323. The number of furan rings is 1. The van der Waals surface area contributed by atoms with Crippen LogP contribution in [-0.4, -0.2) is 19.8 Å². The Balaban J connectivity index is 1.99. The van der Waals surface area contributed by atoms with E-state index in [1.165, 1.54) is 12.8 Å². The highest BCUT2D eigenvalue weighted by Gasteiger charge is 2.64. The van der Waals surface area contributed by atoms with Gasteiger partial charge in [-0.3, -0.25) is 0 Å². The summed E-state index contributed by atoms with van der Waals surface area (Å²) in [4.78, 5) is 0. The Morgan fingerprint density at radius 3 is 2.50 bits per heavy atom. The van der Waals surface area contributed by atoms with E-state index < -0.39 is 0 Å². The van der Waals surface area contributed by atoms with Crippen LogP contribution in [0.5, 0.6) is 0 Å². The summed E-state index contributed by atoms with van der Waals surface area (Å²) >= 11 is 0. The first-order valence-electron chi connectivity index (χ1n) is 5.15. The molecular weight excluding hydrogens is 178 g/mol. The molecule has 1 aromatic heterocycles. The lowest BCUT2D eigenvalue weighted by atomic mass is 9.69. The van der Waals surface area contributed by atoms with Crippen LogP contribution in [0.25, 0.3) is 0 Å². The Morgan fingerprint density at radius 2 is 2.14 bits per heavy atom. The van der Waals surface area contributed by atoms with Gasteiger partial charge in [-0.05, 0) is 36.9 Å². The van der Waals surface area contributed by atoms with Crippen molar-refractivity contribution >= 4 is 0 Å². The number of nitrogens with two attached hydrogens (primary N) is 1. The van der Waals surface area contributed by atoms with Gasteiger partial charge in [0.05, 0.1) is 24.9 Å². The molecule has 0 unspecified atom stereocenters. The molecule has 3 nitrogen and oxygen atoms in total. The van der Waals surface area contributed by atoms with Gasteiger partial charge in [-0.2, -0.15) is 0 Å². The number of hydrogen-bond donors (Lipinski definition) is 1. The normalized spacial score (nSPS) is 26.9. The fourth-order valence-electron chi connectivity index (χ4n) is 2.60. The first kappa shape index (κ1) is 8.50. The standard InChI is InChI=1S/C11H15NO2/c12-6-10(3-4-10)11(7-13-8-11)9-2-1-5-14-9/h1-2,5H,3-4,6-8,12H2. The van der Waals surface area contributed by atoms with Crippen LogP contribution in [0, 0.1) is 5.41 Å². The SMILES string of the molecule is NCC1(C2(c3ccco3)COC2)CC1. The molecule has 2 heterocycles. The molecule has 0 atom stereocenters. The van der Waals surface area contributed by atoms with Crippen LogP contribution in [0.2, 0.25) is 0 Å². The maximum atomic E-state index is 5.87. The molecule has 1 aliphatic carbocycles. The van der Waals surface area contributed by atoms with Crippen molar-refractivity contribution in [2.75, 3.05) is 19.8 Å². The molecule has 0 bridgehead atoms. The van der Waals surface area contributed by atoms with Gasteiger partial charge >= 0.3 is 0 Å². The summed E-state index contributed by atoms with van der Waals surface area (Å²) in [7, 11) is 0. The van der Waals surface area contributed by atoms with Gasteiger partial charge in [0.1, 0.15) is 5.76 Å².